The summed E-state index contributed by atoms with van der Waals surface area (Å²) in [6.45, 7) is 5.82. The number of nitrogens with zero attached hydrogens (tertiary/aromatic N) is 1. The van der Waals surface area contributed by atoms with Gasteiger partial charge in [-0.25, -0.2) is 0 Å². The molecular formula is C13H20N2O. The zero-order valence-corrected chi connectivity index (χ0v) is 10.1. The molecule has 1 unspecified atom stereocenters. The second-order valence-electron chi connectivity index (χ2n) is 4.42. The highest BCUT2D eigenvalue weighted by atomic mass is 16.5. The van der Waals surface area contributed by atoms with Gasteiger partial charge in [-0.2, -0.15) is 0 Å². The Morgan fingerprint density at radius 3 is 3.06 bits per heavy atom. The zero-order chi connectivity index (χ0) is 11.4. The van der Waals surface area contributed by atoms with Crippen molar-refractivity contribution in [1.29, 1.82) is 0 Å². The molecule has 3 nitrogen and oxygen atoms in total. The van der Waals surface area contributed by atoms with E-state index >= 15 is 0 Å². The average molecular weight is 220 g/mol. The Balaban J connectivity index is 1.94. The number of aryl methyl sites for hydroxylation is 1. The second kappa shape index (κ2) is 5.32. The highest BCUT2D eigenvalue weighted by Crippen LogP contribution is 2.15. The van der Waals surface area contributed by atoms with Gasteiger partial charge in [0.2, 0.25) is 0 Å². The maximum Gasteiger partial charge on any atom is 0.0874 e. The van der Waals surface area contributed by atoms with Crippen LogP contribution in [0.5, 0.6) is 0 Å². The van der Waals surface area contributed by atoms with Crippen LogP contribution in [0.3, 0.4) is 0 Å². The molecule has 0 radical (unpaired) electrons. The van der Waals surface area contributed by atoms with Gasteiger partial charge < -0.3 is 15.0 Å². The Bertz CT molecular complexity index is 334. The summed E-state index contributed by atoms with van der Waals surface area (Å²) in [4.78, 5) is 2.25. The summed E-state index contributed by atoms with van der Waals surface area (Å²) in [5, 5.41) is 3.35. The molecule has 1 aliphatic heterocycles. The minimum Gasteiger partial charge on any atom is -0.374 e. The van der Waals surface area contributed by atoms with Crippen molar-refractivity contribution in [2.75, 3.05) is 38.2 Å². The molecule has 1 aromatic rings. The first-order chi connectivity index (χ1) is 7.75. The van der Waals surface area contributed by atoms with Crippen molar-refractivity contribution in [2.24, 2.45) is 0 Å². The van der Waals surface area contributed by atoms with Crippen LogP contribution in [0.1, 0.15) is 5.56 Å². The van der Waals surface area contributed by atoms with Gasteiger partial charge in [-0.3, -0.25) is 0 Å². The maximum absolute atomic E-state index is 5.70. The van der Waals surface area contributed by atoms with E-state index in [-0.39, 0.29) is 0 Å². The summed E-state index contributed by atoms with van der Waals surface area (Å²) in [6.07, 6.45) is 0.305. The van der Waals surface area contributed by atoms with Crippen molar-refractivity contribution in [3.8, 4) is 0 Å². The second-order valence-corrected chi connectivity index (χ2v) is 4.42. The molecule has 0 saturated carbocycles. The summed E-state index contributed by atoms with van der Waals surface area (Å²) >= 11 is 0. The van der Waals surface area contributed by atoms with Crippen molar-refractivity contribution >= 4 is 5.69 Å². The SMILES string of the molecule is Cc1cccc(N(C)CC2CNCCO2)c1. The molecule has 1 N–H and O–H groups in total. The fourth-order valence-electron chi connectivity index (χ4n) is 2.01. The molecule has 1 saturated heterocycles. The first-order valence-corrected chi connectivity index (χ1v) is 5.86. The summed E-state index contributed by atoms with van der Waals surface area (Å²) in [5.74, 6) is 0. The summed E-state index contributed by atoms with van der Waals surface area (Å²) in [6, 6.07) is 8.57. The van der Waals surface area contributed by atoms with Crippen molar-refractivity contribution in [3.63, 3.8) is 0 Å². The van der Waals surface area contributed by atoms with Gasteiger partial charge in [-0.1, -0.05) is 12.1 Å². The summed E-state index contributed by atoms with van der Waals surface area (Å²) in [7, 11) is 2.12. The molecule has 0 bridgehead atoms. The van der Waals surface area contributed by atoms with E-state index in [1.54, 1.807) is 0 Å². The van der Waals surface area contributed by atoms with Gasteiger partial charge in [0.1, 0.15) is 0 Å². The lowest BCUT2D eigenvalue weighted by Crippen LogP contribution is -2.44. The predicted molar refractivity (Wildman–Crippen MR) is 67.1 cm³/mol. The third-order valence-corrected chi connectivity index (χ3v) is 2.92. The first kappa shape index (κ1) is 11.4. The van der Waals surface area contributed by atoms with Gasteiger partial charge in [0.05, 0.1) is 12.7 Å². The van der Waals surface area contributed by atoms with Crippen molar-refractivity contribution < 1.29 is 4.74 Å². The van der Waals surface area contributed by atoms with Gasteiger partial charge in [0, 0.05) is 32.4 Å². The number of morpholine rings is 1. The fourth-order valence-corrected chi connectivity index (χ4v) is 2.01. The third-order valence-electron chi connectivity index (χ3n) is 2.92. The Labute approximate surface area is 97.4 Å². The zero-order valence-electron chi connectivity index (χ0n) is 10.1. The van der Waals surface area contributed by atoms with Crippen LogP contribution in [-0.2, 0) is 4.74 Å². The summed E-state index contributed by atoms with van der Waals surface area (Å²) in [5.41, 5.74) is 2.56. The largest absolute Gasteiger partial charge is 0.374 e. The van der Waals surface area contributed by atoms with Crippen LogP contribution in [0.4, 0.5) is 5.69 Å². The molecule has 2 rings (SSSR count). The Kier molecular flexibility index (Phi) is 3.80. The van der Waals surface area contributed by atoms with Crippen molar-refractivity contribution in [2.45, 2.75) is 13.0 Å². The minimum absolute atomic E-state index is 0.305. The van der Waals surface area contributed by atoms with Gasteiger partial charge in [-0.05, 0) is 24.6 Å². The number of anilines is 1. The van der Waals surface area contributed by atoms with E-state index in [0.29, 0.717) is 6.10 Å². The van der Waals surface area contributed by atoms with Gasteiger partial charge in [-0.15, -0.1) is 0 Å². The predicted octanol–water partition coefficient (Wildman–Crippen LogP) is 1.42. The maximum atomic E-state index is 5.70. The van der Waals surface area contributed by atoms with E-state index in [1.165, 1.54) is 11.3 Å². The minimum atomic E-state index is 0.305. The van der Waals surface area contributed by atoms with Crippen LogP contribution in [0.25, 0.3) is 0 Å². The monoisotopic (exact) mass is 220 g/mol. The van der Waals surface area contributed by atoms with Crippen LogP contribution in [-0.4, -0.2) is 39.4 Å². The van der Waals surface area contributed by atoms with Gasteiger partial charge in [0.15, 0.2) is 0 Å². The van der Waals surface area contributed by atoms with E-state index in [2.05, 4.69) is 48.5 Å². The Morgan fingerprint density at radius 1 is 1.50 bits per heavy atom. The third kappa shape index (κ3) is 2.97. The standard InChI is InChI=1S/C13H20N2O/c1-11-4-3-5-12(8-11)15(2)10-13-9-14-6-7-16-13/h3-5,8,13-14H,6-7,9-10H2,1-2H3. The van der Waals surface area contributed by atoms with E-state index in [4.69, 9.17) is 4.74 Å². The van der Waals surface area contributed by atoms with Crippen molar-refractivity contribution in [3.05, 3.63) is 29.8 Å². The highest BCUT2D eigenvalue weighted by molar-refractivity contribution is 5.47. The van der Waals surface area contributed by atoms with Gasteiger partial charge >= 0.3 is 0 Å². The molecule has 0 spiro atoms. The van der Waals surface area contributed by atoms with Crippen LogP contribution >= 0.6 is 0 Å². The lowest BCUT2D eigenvalue weighted by molar-refractivity contribution is 0.0340. The number of nitrogens with one attached hydrogen (secondary N) is 1. The Morgan fingerprint density at radius 2 is 2.38 bits per heavy atom. The topological polar surface area (TPSA) is 24.5 Å². The molecule has 1 heterocycles. The molecule has 1 aliphatic rings. The molecule has 1 fully saturated rings. The van der Waals surface area contributed by atoms with E-state index in [1.807, 2.05) is 0 Å². The van der Waals surface area contributed by atoms with E-state index in [9.17, 15) is 0 Å². The normalized spacial score (nSPS) is 20.8. The smallest absolute Gasteiger partial charge is 0.0874 e. The number of hydrogen-bond donors (Lipinski definition) is 1. The quantitative estimate of drug-likeness (QED) is 0.834. The van der Waals surface area contributed by atoms with Crippen LogP contribution in [0, 0.1) is 6.92 Å². The molecule has 16 heavy (non-hydrogen) atoms. The molecule has 88 valence electrons. The molecule has 0 aromatic heterocycles. The van der Waals surface area contributed by atoms with E-state index in [0.717, 1.165) is 26.2 Å². The molecule has 1 aromatic carbocycles. The lowest BCUT2D eigenvalue weighted by atomic mass is 10.2. The molecule has 3 heteroatoms. The van der Waals surface area contributed by atoms with Crippen LogP contribution < -0.4 is 10.2 Å². The number of hydrogen-bond acceptors (Lipinski definition) is 3. The van der Waals surface area contributed by atoms with Crippen LogP contribution in [0.15, 0.2) is 24.3 Å². The number of likely N-dealkylation sites (N-methyl/N-ethyl adjacent to an activating group) is 1. The summed E-state index contributed by atoms with van der Waals surface area (Å²) < 4.78 is 5.70. The number of ether oxygens (including phenoxy) is 1. The molecule has 0 aliphatic carbocycles. The van der Waals surface area contributed by atoms with Gasteiger partial charge in [0.25, 0.3) is 0 Å². The highest BCUT2D eigenvalue weighted by Gasteiger charge is 2.15. The average Bonchev–Trinajstić information content (AvgIpc) is 2.30. The first-order valence-electron chi connectivity index (χ1n) is 5.86. The molecule has 0 amide bonds. The molecule has 1 atom stereocenters. The molecular weight excluding hydrogens is 200 g/mol. The van der Waals surface area contributed by atoms with E-state index < -0.39 is 0 Å². The fraction of sp³-hybridized carbons (Fsp3) is 0.538. The Hall–Kier alpha value is -1.06. The number of benzene rings is 1. The lowest BCUT2D eigenvalue weighted by Gasteiger charge is -2.29. The number of rotatable bonds is 3. The van der Waals surface area contributed by atoms with Crippen molar-refractivity contribution in [1.82, 2.24) is 5.32 Å². The van der Waals surface area contributed by atoms with Crippen LogP contribution in [0.2, 0.25) is 0 Å².